The van der Waals surface area contributed by atoms with Gasteiger partial charge in [0.15, 0.2) is 0 Å². The second-order valence-electron chi connectivity index (χ2n) is 4.62. The molecule has 1 rings (SSSR count). The summed E-state index contributed by atoms with van der Waals surface area (Å²) < 4.78 is 29.4. The molecule has 0 saturated carbocycles. The van der Waals surface area contributed by atoms with Gasteiger partial charge in [0.1, 0.15) is 0 Å². The van der Waals surface area contributed by atoms with Gasteiger partial charge in [-0.25, -0.2) is 4.57 Å². The summed E-state index contributed by atoms with van der Waals surface area (Å²) in [5, 5.41) is 0. The Morgan fingerprint density at radius 1 is 1.05 bits per heavy atom. The van der Waals surface area contributed by atoms with E-state index in [0.717, 1.165) is 35.7 Å². The summed E-state index contributed by atoms with van der Waals surface area (Å²) in [6.45, 7) is 4.80. The van der Waals surface area contributed by atoms with Gasteiger partial charge in [-0.2, -0.15) is 0 Å². The molecule has 1 aromatic carbocycles. The van der Waals surface area contributed by atoms with Crippen LogP contribution in [0, 0.1) is 0 Å². The standard InChI is InChI=1S/C15H24BrO4P/c1-3-5-6-9-12-19-21(17,18-4-2)20-13-14-10-7-8-11-15(14)16/h7-8,10-11H,3-6,9,12-13H2,1-2H3. The zero-order valence-electron chi connectivity index (χ0n) is 12.7. The molecular formula is C15H24BrO4P. The molecule has 0 aliphatic heterocycles. The molecule has 120 valence electrons. The first-order valence-corrected chi connectivity index (χ1v) is 9.63. The van der Waals surface area contributed by atoms with Gasteiger partial charge in [-0.3, -0.25) is 13.6 Å². The highest BCUT2D eigenvalue weighted by molar-refractivity contribution is 9.10. The van der Waals surface area contributed by atoms with E-state index in [0.29, 0.717) is 13.2 Å². The molecule has 21 heavy (non-hydrogen) atoms. The second kappa shape index (κ2) is 10.5. The SMILES string of the molecule is CCCCCCOP(=O)(OCC)OCc1ccccc1Br. The Hall–Kier alpha value is -0.190. The van der Waals surface area contributed by atoms with Crippen LogP contribution in [0.1, 0.15) is 45.1 Å². The van der Waals surface area contributed by atoms with Gasteiger partial charge in [-0.15, -0.1) is 0 Å². The number of hydrogen-bond acceptors (Lipinski definition) is 4. The molecule has 0 fully saturated rings. The highest BCUT2D eigenvalue weighted by Crippen LogP contribution is 2.50. The highest BCUT2D eigenvalue weighted by Gasteiger charge is 2.26. The van der Waals surface area contributed by atoms with Crippen molar-refractivity contribution in [2.24, 2.45) is 0 Å². The Kier molecular flexibility index (Phi) is 9.45. The van der Waals surface area contributed by atoms with Gasteiger partial charge in [0, 0.05) is 4.47 Å². The third kappa shape index (κ3) is 7.57. The molecule has 1 unspecified atom stereocenters. The van der Waals surface area contributed by atoms with Gasteiger partial charge in [-0.1, -0.05) is 60.3 Å². The van der Waals surface area contributed by atoms with Crippen LogP contribution >= 0.6 is 23.8 Å². The Balaban J connectivity index is 2.47. The van der Waals surface area contributed by atoms with Crippen LogP contribution in [0.5, 0.6) is 0 Å². The fourth-order valence-corrected chi connectivity index (χ4v) is 3.33. The fraction of sp³-hybridized carbons (Fsp3) is 0.600. The van der Waals surface area contributed by atoms with E-state index in [1.165, 1.54) is 0 Å². The van der Waals surface area contributed by atoms with Crippen molar-refractivity contribution in [3.8, 4) is 0 Å². The largest absolute Gasteiger partial charge is 0.475 e. The minimum Gasteiger partial charge on any atom is -0.287 e. The van der Waals surface area contributed by atoms with Gasteiger partial charge in [-0.05, 0) is 25.0 Å². The predicted octanol–water partition coefficient (Wildman–Crippen LogP) is 5.71. The molecule has 0 aliphatic rings. The molecule has 6 heteroatoms. The molecule has 0 radical (unpaired) electrons. The van der Waals surface area contributed by atoms with Crippen LogP contribution in [0.4, 0.5) is 0 Å². The molecule has 0 amide bonds. The van der Waals surface area contributed by atoms with Crippen LogP contribution in [0.15, 0.2) is 28.7 Å². The van der Waals surface area contributed by atoms with E-state index in [9.17, 15) is 4.57 Å². The molecule has 1 aromatic rings. The van der Waals surface area contributed by atoms with Gasteiger partial charge in [0.25, 0.3) is 0 Å². The summed E-state index contributed by atoms with van der Waals surface area (Å²) >= 11 is 3.43. The van der Waals surface area contributed by atoms with Crippen molar-refractivity contribution in [2.45, 2.75) is 46.1 Å². The normalized spacial score (nSPS) is 14.0. The quantitative estimate of drug-likeness (QED) is 0.365. The first-order valence-electron chi connectivity index (χ1n) is 7.38. The van der Waals surface area contributed by atoms with Crippen molar-refractivity contribution >= 4 is 23.8 Å². The highest BCUT2D eigenvalue weighted by atomic mass is 79.9. The van der Waals surface area contributed by atoms with Crippen molar-refractivity contribution in [2.75, 3.05) is 13.2 Å². The average molecular weight is 379 g/mol. The Bertz CT molecular complexity index is 453. The molecule has 0 bridgehead atoms. The van der Waals surface area contributed by atoms with Crippen molar-refractivity contribution in [3.63, 3.8) is 0 Å². The lowest BCUT2D eigenvalue weighted by atomic mass is 10.2. The van der Waals surface area contributed by atoms with E-state index in [-0.39, 0.29) is 6.61 Å². The van der Waals surface area contributed by atoms with Crippen LogP contribution < -0.4 is 0 Å². The number of rotatable bonds is 11. The van der Waals surface area contributed by atoms with Crippen molar-refractivity contribution in [3.05, 3.63) is 34.3 Å². The molecule has 0 N–H and O–H groups in total. The number of hydrogen-bond donors (Lipinski definition) is 0. The molecule has 0 aromatic heterocycles. The molecule has 0 heterocycles. The summed E-state index contributed by atoms with van der Waals surface area (Å²) in [5.74, 6) is 0. The van der Waals surface area contributed by atoms with Gasteiger partial charge in [0.05, 0.1) is 19.8 Å². The Morgan fingerprint density at radius 3 is 2.48 bits per heavy atom. The van der Waals surface area contributed by atoms with Gasteiger partial charge in [0.2, 0.25) is 0 Å². The van der Waals surface area contributed by atoms with Crippen LogP contribution in [0.3, 0.4) is 0 Å². The number of unbranched alkanes of at least 4 members (excludes halogenated alkanes) is 3. The van der Waals surface area contributed by atoms with Gasteiger partial charge < -0.3 is 0 Å². The lowest BCUT2D eigenvalue weighted by Crippen LogP contribution is -2.02. The Morgan fingerprint density at radius 2 is 1.81 bits per heavy atom. The zero-order chi connectivity index (χ0) is 15.6. The first-order chi connectivity index (χ1) is 10.1. The summed E-state index contributed by atoms with van der Waals surface area (Å²) in [6, 6.07) is 7.64. The molecule has 0 spiro atoms. The zero-order valence-corrected chi connectivity index (χ0v) is 15.2. The first kappa shape index (κ1) is 18.9. The molecule has 1 atom stereocenters. The minimum atomic E-state index is -3.47. The van der Waals surface area contributed by atoms with Crippen LogP contribution in [0.25, 0.3) is 0 Å². The number of phosphoric ester groups is 1. The van der Waals surface area contributed by atoms with Crippen molar-refractivity contribution in [1.29, 1.82) is 0 Å². The van der Waals surface area contributed by atoms with Crippen LogP contribution in [0.2, 0.25) is 0 Å². The van der Waals surface area contributed by atoms with E-state index in [1.54, 1.807) is 6.92 Å². The van der Waals surface area contributed by atoms with Gasteiger partial charge >= 0.3 is 7.82 Å². The monoisotopic (exact) mass is 378 g/mol. The molecule has 0 aliphatic carbocycles. The third-order valence-corrected chi connectivity index (χ3v) is 5.16. The number of phosphoric acid groups is 1. The van der Waals surface area contributed by atoms with E-state index in [2.05, 4.69) is 22.9 Å². The van der Waals surface area contributed by atoms with Crippen molar-refractivity contribution in [1.82, 2.24) is 0 Å². The van der Waals surface area contributed by atoms with Crippen LogP contribution in [-0.2, 0) is 24.7 Å². The maximum absolute atomic E-state index is 12.4. The topological polar surface area (TPSA) is 44.8 Å². The summed E-state index contributed by atoms with van der Waals surface area (Å²) in [7, 11) is -3.47. The maximum atomic E-state index is 12.4. The lowest BCUT2D eigenvalue weighted by molar-refractivity contribution is 0.110. The molecular weight excluding hydrogens is 355 g/mol. The van der Waals surface area contributed by atoms with E-state index >= 15 is 0 Å². The summed E-state index contributed by atoms with van der Waals surface area (Å²) in [5.41, 5.74) is 0.909. The summed E-state index contributed by atoms with van der Waals surface area (Å²) in [6.07, 6.45) is 4.23. The smallest absolute Gasteiger partial charge is 0.287 e. The maximum Gasteiger partial charge on any atom is 0.475 e. The fourth-order valence-electron chi connectivity index (χ4n) is 1.74. The third-order valence-electron chi connectivity index (χ3n) is 2.87. The predicted molar refractivity (Wildman–Crippen MR) is 88.3 cm³/mol. The average Bonchev–Trinajstić information content (AvgIpc) is 2.47. The molecule has 0 saturated heterocycles. The Labute approximate surface area is 135 Å². The lowest BCUT2D eigenvalue weighted by Gasteiger charge is -2.17. The van der Waals surface area contributed by atoms with E-state index < -0.39 is 7.82 Å². The minimum absolute atomic E-state index is 0.188. The molecule has 4 nitrogen and oxygen atoms in total. The number of halogens is 1. The van der Waals surface area contributed by atoms with E-state index in [4.69, 9.17) is 13.6 Å². The van der Waals surface area contributed by atoms with Crippen LogP contribution in [-0.4, -0.2) is 13.2 Å². The van der Waals surface area contributed by atoms with E-state index in [1.807, 2.05) is 24.3 Å². The summed E-state index contributed by atoms with van der Waals surface area (Å²) in [4.78, 5) is 0. The van der Waals surface area contributed by atoms with Crippen molar-refractivity contribution < 1.29 is 18.1 Å². The second-order valence-corrected chi connectivity index (χ2v) is 7.15. The number of benzene rings is 1.